The van der Waals surface area contributed by atoms with Crippen molar-refractivity contribution in [3.63, 3.8) is 0 Å². The third kappa shape index (κ3) is 1.87. The quantitative estimate of drug-likeness (QED) is 0.587. The van der Waals surface area contributed by atoms with Crippen LogP contribution in [0.15, 0.2) is 0 Å². The fourth-order valence-corrected chi connectivity index (χ4v) is 0.932. The Bertz CT molecular complexity index is 270. The van der Waals surface area contributed by atoms with Gasteiger partial charge in [0.2, 0.25) is 5.95 Å². The standard InChI is InChI=1S/C7H15N5/c1-7(2,3)4-5-10-11-6(8)12(5)9/h4,9H2,1-3H3,(H2,8,11). The molecule has 1 aromatic rings. The van der Waals surface area contributed by atoms with Gasteiger partial charge in [-0.05, 0) is 5.41 Å². The van der Waals surface area contributed by atoms with Gasteiger partial charge in [0.1, 0.15) is 0 Å². The van der Waals surface area contributed by atoms with Crippen LogP contribution in [0.3, 0.4) is 0 Å². The Morgan fingerprint density at radius 1 is 1.33 bits per heavy atom. The molecule has 0 atom stereocenters. The third-order valence-electron chi connectivity index (χ3n) is 1.48. The number of nitrogens with zero attached hydrogens (tertiary/aromatic N) is 3. The minimum Gasteiger partial charge on any atom is -0.366 e. The van der Waals surface area contributed by atoms with E-state index in [1.165, 1.54) is 4.68 Å². The molecule has 12 heavy (non-hydrogen) atoms. The van der Waals surface area contributed by atoms with E-state index in [-0.39, 0.29) is 11.4 Å². The van der Waals surface area contributed by atoms with Crippen LogP contribution in [-0.4, -0.2) is 14.9 Å². The lowest BCUT2D eigenvalue weighted by atomic mass is 9.92. The fraction of sp³-hybridized carbons (Fsp3) is 0.714. The molecule has 0 aliphatic carbocycles. The largest absolute Gasteiger partial charge is 0.366 e. The normalized spacial score (nSPS) is 11.9. The van der Waals surface area contributed by atoms with E-state index in [1.54, 1.807) is 0 Å². The van der Waals surface area contributed by atoms with Gasteiger partial charge >= 0.3 is 0 Å². The highest BCUT2D eigenvalue weighted by Gasteiger charge is 2.16. The van der Waals surface area contributed by atoms with Crippen LogP contribution in [0.4, 0.5) is 5.95 Å². The Kier molecular flexibility index (Phi) is 1.95. The summed E-state index contributed by atoms with van der Waals surface area (Å²) >= 11 is 0. The van der Waals surface area contributed by atoms with Crippen LogP contribution in [0.25, 0.3) is 0 Å². The van der Waals surface area contributed by atoms with Gasteiger partial charge in [-0.25, -0.2) is 4.68 Å². The maximum atomic E-state index is 5.58. The van der Waals surface area contributed by atoms with Gasteiger partial charge in [-0.2, -0.15) is 0 Å². The highest BCUT2D eigenvalue weighted by Crippen LogP contribution is 2.18. The van der Waals surface area contributed by atoms with Gasteiger partial charge in [-0.15, -0.1) is 10.2 Å². The lowest BCUT2D eigenvalue weighted by Crippen LogP contribution is -2.20. The second-order valence-electron chi connectivity index (χ2n) is 4.08. The monoisotopic (exact) mass is 169 g/mol. The van der Waals surface area contributed by atoms with Crippen LogP contribution in [-0.2, 0) is 6.42 Å². The van der Waals surface area contributed by atoms with E-state index < -0.39 is 0 Å². The first-order chi connectivity index (χ1) is 5.40. The van der Waals surface area contributed by atoms with Gasteiger partial charge in [0.25, 0.3) is 0 Å². The molecule has 0 amide bonds. The molecule has 0 radical (unpaired) electrons. The summed E-state index contributed by atoms with van der Waals surface area (Å²) < 4.78 is 1.32. The summed E-state index contributed by atoms with van der Waals surface area (Å²) in [5, 5.41) is 7.53. The highest BCUT2D eigenvalue weighted by molar-refractivity contribution is 5.17. The zero-order valence-corrected chi connectivity index (χ0v) is 7.70. The van der Waals surface area contributed by atoms with Crippen molar-refractivity contribution in [3.05, 3.63) is 5.82 Å². The molecule has 0 fully saturated rings. The molecule has 0 unspecified atom stereocenters. The molecule has 0 saturated heterocycles. The maximum absolute atomic E-state index is 5.58. The summed E-state index contributed by atoms with van der Waals surface area (Å²) in [4.78, 5) is 0. The molecule has 5 heteroatoms. The highest BCUT2D eigenvalue weighted by atomic mass is 15.4. The predicted octanol–water partition coefficient (Wildman–Crippen LogP) is 0.163. The van der Waals surface area contributed by atoms with Gasteiger partial charge < -0.3 is 11.6 Å². The number of nitrogens with two attached hydrogens (primary N) is 2. The lowest BCUT2D eigenvalue weighted by Gasteiger charge is -2.16. The third-order valence-corrected chi connectivity index (χ3v) is 1.48. The Morgan fingerprint density at radius 3 is 2.25 bits per heavy atom. The average Bonchev–Trinajstić information content (AvgIpc) is 2.16. The molecule has 1 aromatic heterocycles. The summed E-state index contributed by atoms with van der Waals surface area (Å²) in [6.45, 7) is 6.33. The van der Waals surface area contributed by atoms with E-state index in [4.69, 9.17) is 11.6 Å². The number of hydrogen-bond acceptors (Lipinski definition) is 4. The Morgan fingerprint density at radius 2 is 1.92 bits per heavy atom. The summed E-state index contributed by atoms with van der Waals surface area (Å²) in [7, 11) is 0. The molecule has 0 aliphatic heterocycles. The smallest absolute Gasteiger partial charge is 0.240 e. The first kappa shape index (κ1) is 8.83. The van der Waals surface area contributed by atoms with E-state index in [9.17, 15) is 0 Å². The van der Waals surface area contributed by atoms with E-state index in [0.29, 0.717) is 0 Å². The number of hydrogen-bond donors (Lipinski definition) is 2. The second-order valence-corrected chi connectivity index (χ2v) is 4.08. The summed E-state index contributed by atoms with van der Waals surface area (Å²) in [6, 6.07) is 0. The Hall–Kier alpha value is -1.26. The molecule has 0 aromatic carbocycles. The Labute approximate surface area is 71.7 Å². The van der Waals surface area contributed by atoms with E-state index in [2.05, 4.69) is 31.0 Å². The zero-order chi connectivity index (χ0) is 9.35. The fourth-order valence-electron chi connectivity index (χ4n) is 0.932. The average molecular weight is 169 g/mol. The SMILES string of the molecule is CC(C)(C)Cc1nnc(N)n1N. The van der Waals surface area contributed by atoms with Crippen LogP contribution in [0.1, 0.15) is 26.6 Å². The minimum absolute atomic E-state index is 0.149. The molecule has 68 valence electrons. The van der Waals surface area contributed by atoms with E-state index >= 15 is 0 Å². The molecular weight excluding hydrogens is 154 g/mol. The molecule has 5 nitrogen and oxygen atoms in total. The number of aromatic nitrogens is 3. The summed E-state index contributed by atoms with van der Waals surface area (Å²) in [5.41, 5.74) is 5.57. The second kappa shape index (κ2) is 2.66. The number of nitrogen functional groups attached to an aromatic ring is 2. The van der Waals surface area contributed by atoms with Crippen molar-refractivity contribution >= 4 is 5.95 Å². The van der Waals surface area contributed by atoms with Gasteiger partial charge in [0.05, 0.1) is 0 Å². The topological polar surface area (TPSA) is 82.8 Å². The van der Waals surface area contributed by atoms with Crippen molar-refractivity contribution in [1.82, 2.24) is 14.9 Å². The van der Waals surface area contributed by atoms with Gasteiger partial charge in [0.15, 0.2) is 5.82 Å². The Balaban J connectivity index is 2.83. The molecule has 0 spiro atoms. The lowest BCUT2D eigenvalue weighted by molar-refractivity contribution is 0.396. The zero-order valence-electron chi connectivity index (χ0n) is 7.70. The molecular formula is C7H15N5. The van der Waals surface area contributed by atoms with E-state index in [1.807, 2.05) is 0 Å². The number of anilines is 1. The molecule has 1 rings (SSSR count). The van der Waals surface area contributed by atoms with Crippen molar-refractivity contribution in [2.45, 2.75) is 27.2 Å². The molecule has 0 aliphatic rings. The minimum atomic E-state index is 0.149. The molecule has 0 saturated carbocycles. The van der Waals surface area contributed by atoms with Crippen LogP contribution in [0.5, 0.6) is 0 Å². The molecule has 1 heterocycles. The first-order valence-corrected chi connectivity index (χ1v) is 3.85. The number of rotatable bonds is 1. The van der Waals surface area contributed by atoms with Crippen LogP contribution in [0.2, 0.25) is 0 Å². The molecule has 0 bridgehead atoms. The summed E-state index contributed by atoms with van der Waals surface area (Å²) in [5.74, 6) is 6.56. The van der Waals surface area contributed by atoms with Crippen LogP contribution >= 0.6 is 0 Å². The van der Waals surface area contributed by atoms with Crippen molar-refractivity contribution in [2.75, 3.05) is 11.6 Å². The van der Waals surface area contributed by atoms with Crippen molar-refractivity contribution < 1.29 is 0 Å². The maximum Gasteiger partial charge on any atom is 0.240 e. The van der Waals surface area contributed by atoms with Gasteiger partial charge in [-0.1, -0.05) is 20.8 Å². The van der Waals surface area contributed by atoms with Crippen LogP contribution in [0, 0.1) is 5.41 Å². The van der Waals surface area contributed by atoms with Crippen LogP contribution < -0.4 is 11.6 Å². The van der Waals surface area contributed by atoms with E-state index in [0.717, 1.165) is 12.2 Å². The van der Waals surface area contributed by atoms with Gasteiger partial charge in [0, 0.05) is 6.42 Å². The molecule has 4 N–H and O–H groups in total. The predicted molar refractivity (Wildman–Crippen MR) is 47.7 cm³/mol. The van der Waals surface area contributed by atoms with Crippen molar-refractivity contribution in [1.29, 1.82) is 0 Å². The van der Waals surface area contributed by atoms with Crippen molar-refractivity contribution in [3.8, 4) is 0 Å². The van der Waals surface area contributed by atoms with Gasteiger partial charge in [-0.3, -0.25) is 0 Å². The first-order valence-electron chi connectivity index (χ1n) is 3.85. The summed E-state index contributed by atoms with van der Waals surface area (Å²) in [6.07, 6.45) is 0.772. The van der Waals surface area contributed by atoms with Crippen molar-refractivity contribution in [2.24, 2.45) is 5.41 Å².